The first-order chi connectivity index (χ1) is 10.6. The molecule has 0 aromatic heterocycles. The van der Waals surface area contributed by atoms with Crippen molar-refractivity contribution >= 4 is 35.0 Å². The van der Waals surface area contributed by atoms with Crippen LogP contribution < -0.4 is 16.4 Å². The number of ketones is 1. The molecule has 2 aromatic rings. The van der Waals surface area contributed by atoms with Crippen LogP contribution in [0.5, 0.6) is 0 Å². The zero-order valence-corrected chi connectivity index (χ0v) is 12.9. The van der Waals surface area contributed by atoms with Crippen molar-refractivity contribution < 1.29 is 9.59 Å². The largest absolute Gasteiger partial charge is 0.324 e. The monoisotopic (exact) mass is 315 g/mol. The molecule has 22 heavy (non-hydrogen) atoms. The van der Waals surface area contributed by atoms with Gasteiger partial charge in [-0.25, -0.2) is 4.79 Å². The molecule has 2 amide bonds. The van der Waals surface area contributed by atoms with E-state index in [0.717, 1.165) is 4.90 Å². The van der Waals surface area contributed by atoms with Crippen molar-refractivity contribution in [3.63, 3.8) is 0 Å². The molecule has 0 unspecified atom stereocenters. The summed E-state index contributed by atoms with van der Waals surface area (Å²) in [7, 11) is 0. The molecule has 2 rings (SSSR count). The lowest BCUT2D eigenvalue weighted by Crippen LogP contribution is -2.20. The van der Waals surface area contributed by atoms with Crippen LogP contribution in [0.3, 0.4) is 0 Å². The highest BCUT2D eigenvalue weighted by Crippen LogP contribution is 2.18. The predicted molar refractivity (Wildman–Crippen MR) is 90.7 cm³/mol. The second-order valence-corrected chi connectivity index (χ2v) is 5.40. The minimum atomic E-state index is -0.366. The predicted octanol–water partition coefficient (Wildman–Crippen LogP) is 3.19. The fourth-order valence-corrected chi connectivity index (χ4v) is 2.26. The van der Waals surface area contributed by atoms with Gasteiger partial charge in [-0.1, -0.05) is 12.1 Å². The van der Waals surface area contributed by atoms with E-state index in [1.54, 1.807) is 36.0 Å². The van der Waals surface area contributed by atoms with Gasteiger partial charge < -0.3 is 16.4 Å². The van der Waals surface area contributed by atoms with E-state index < -0.39 is 0 Å². The lowest BCUT2D eigenvalue weighted by molar-refractivity contribution is 0.100. The molecule has 0 saturated heterocycles. The smallest absolute Gasteiger partial charge is 0.323 e. The van der Waals surface area contributed by atoms with Gasteiger partial charge in [0.2, 0.25) is 0 Å². The standard InChI is InChI=1S/C16H17N3O2S/c1-22-14-7-5-12(6-8-14)18-16(21)19-13-4-2-3-11(9-13)15(20)10-17/h2-9H,10,17H2,1H3,(H2,18,19,21). The average Bonchev–Trinajstić information content (AvgIpc) is 2.55. The van der Waals surface area contributed by atoms with Crippen LogP contribution >= 0.6 is 11.8 Å². The highest BCUT2D eigenvalue weighted by molar-refractivity contribution is 7.98. The van der Waals surface area contributed by atoms with Crippen LogP contribution in [0.25, 0.3) is 0 Å². The number of hydrogen-bond acceptors (Lipinski definition) is 4. The van der Waals surface area contributed by atoms with E-state index in [1.807, 2.05) is 30.5 Å². The zero-order valence-electron chi connectivity index (χ0n) is 12.1. The Labute approximate surface area is 133 Å². The number of carbonyl (C=O) groups excluding carboxylic acids is 2. The number of thioether (sulfide) groups is 1. The van der Waals surface area contributed by atoms with Crippen LogP contribution in [0.2, 0.25) is 0 Å². The normalized spacial score (nSPS) is 10.1. The highest BCUT2D eigenvalue weighted by Gasteiger charge is 2.06. The first-order valence-corrected chi connectivity index (χ1v) is 7.90. The summed E-state index contributed by atoms with van der Waals surface area (Å²) in [6, 6.07) is 13.8. The zero-order chi connectivity index (χ0) is 15.9. The number of Topliss-reactive ketones (excluding diaryl/α,β-unsaturated/α-hetero) is 1. The van der Waals surface area contributed by atoms with Crippen LogP contribution in [0.15, 0.2) is 53.4 Å². The van der Waals surface area contributed by atoms with E-state index in [-0.39, 0.29) is 18.4 Å². The number of amides is 2. The number of benzene rings is 2. The molecule has 0 aliphatic heterocycles. The Balaban J connectivity index is 2.00. The van der Waals surface area contributed by atoms with Crippen molar-refractivity contribution in [2.45, 2.75) is 4.90 Å². The molecule has 0 aliphatic carbocycles. The minimum Gasteiger partial charge on any atom is -0.324 e. The maximum Gasteiger partial charge on any atom is 0.323 e. The van der Waals surface area contributed by atoms with E-state index in [9.17, 15) is 9.59 Å². The third-order valence-corrected chi connectivity index (χ3v) is 3.72. The van der Waals surface area contributed by atoms with Gasteiger partial charge in [0, 0.05) is 21.8 Å². The minimum absolute atomic E-state index is 0.0581. The summed E-state index contributed by atoms with van der Waals surface area (Å²) in [6.45, 7) is -0.0581. The summed E-state index contributed by atoms with van der Waals surface area (Å²) in [5, 5.41) is 5.43. The number of urea groups is 1. The molecule has 0 radical (unpaired) electrons. The summed E-state index contributed by atoms with van der Waals surface area (Å²) >= 11 is 1.63. The number of nitrogens with one attached hydrogen (secondary N) is 2. The first-order valence-electron chi connectivity index (χ1n) is 6.68. The molecular weight excluding hydrogens is 298 g/mol. The van der Waals surface area contributed by atoms with Gasteiger partial charge in [0.1, 0.15) is 0 Å². The van der Waals surface area contributed by atoms with Crippen molar-refractivity contribution in [3.05, 3.63) is 54.1 Å². The Kier molecular flexibility index (Phi) is 5.57. The van der Waals surface area contributed by atoms with Crippen molar-refractivity contribution in [3.8, 4) is 0 Å². The molecule has 0 heterocycles. The molecule has 0 fully saturated rings. The maximum atomic E-state index is 11.9. The molecule has 114 valence electrons. The van der Waals surface area contributed by atoms with Crippen molar-refractivity contribution in [1.82, 2.24) is 0 Å². The van der Waals surface area contributed by atoms with Gasteiger partial charge in [-0.3, -0.25) is 4.79 Å². The van der Waals surface area contributed by atoms with Crippen molar-refractivity contribution in [2.24, 2.45) is 5.73 Å². The maximum absolute atomic E-state index is 11.9. The Morgan fingerprint density at radius 2 is 1.73 bits per heavy atom. The van der Waals surface area contributed by atoms with E-state index in [0.29, 0.717) is 16.9 Å². The van der Waals surface area contributed by atoms with Crippen LogP contribution in [0, 0.1) is 0 Å². The SMILES string of the molecule is CSc1ccc(NC(=O)Nc2cccc(C(=O)CN)c2)cc1. The second-order valence-electron chi connectivity index (χ2n) is 4.52. The Morgan fingerprint density at radius 3 is 2.36 bits per heavy atom. The van der Waals surface area contributed by atoms with E-state index >= 15 is 0 Å². The van der Waals surface area contributed by atoms with Crippen LogP contribution in [0.1, 0.15) is 10.4 Å². The van der Waals surface area contributed by atoms with Crippen LogP contribution in [0.4, 0.5) is 16.2 Å². The molecule has 0 bridgehead atoms. The van der Waals surface area contributed by atoms with E-state index in [1.165, 1.54) is 0 Å². The van der Waals surface area contributed by atoms with Crippen molar-refractivity contribution in [1.29, 1.82) is 0 Å². The average molecular weight is 315 g/mol. The van der Waals surface area contributed by atoms with Gasteiger partial charge in [-0.05, 0) is 42.7 Å². The third kappa shape index (κ3) is 4.34. The number of anilines is 2. The molecule has 4 N–H and O–H groups in total. The molecule has 0 spiro atoms. The van der Waals surface area contributed by atoms with Gasteiger partial charge in [0.25, 0.3) is 0 Å². The number of nitrogens with two attached hydrogens (primary N) is 1. The van der Waals surface area contributed by atoms with Gasteiger partial charge in [0.15, 0.2) is 5.78 Å². The molecule has 0 atom stereocenters. The third-order valence-electron chi connectivity index (χ3n) is 2.98. The topological polar surface area (TPSA) is 84.2 Å². The summed E-state index contributed by atoms with van der Waals surface area (Å²) in [5.74, 6) is -0.170. The lowest BCUT2D eigenvalue weighted by atomic mass is 10.1. The number of carbonyl (C=O) groups is 2. The van der Waals surface area contributed by atoms with Gasteiger partial charge in [0.05, 0.1) is 6.54 Å². The van der Waals surface area contributed by atoms with Gasteiger partial charge in [-0.2, -0.15) is 0 Å². The van der Waals surface area contributed by atoms with E-state index in [4.69, 9.17) is 5.73 Å². The molecule has 0 saturated carbocycles. The highest BCUT2D eigenvalue weighted by atomic mass is 32.2. The second kappa shape index (κ2) is 7.63. The molecule has 2 aromatic carbocycles. The molecular formula is C16H17N3O2S. The number of rotatable bonds is 5. The fourth-order valence-electron chi connectivity index (χ4n) is 1.86. The van der Waals surface area contributed by atoms with Gasteiger partial charge >= 0.3 is 6.03 Å². The quantitative estimate of drug-likeness (QED) is 0.584. The molecule has 6 heteroatoms. The Hall–Kier alpha value is -2.31. The van der Waals surface area contributed by atoms with Crippen LogP contribution in [-0.4, -0.2) is 24.6 Å². The molecule has 5 nitrogen and oxygen atoms in total. The number of hydrogen-bond donors (Lipinski definition) is 3. The lowest BCUT2D eigenvalue weighted by Gasteiger charge is -2.09. The molecule has 0 aliphatic rings. The first kappa shape index (κ1) is 16.1. The Bertz CT molecular complexity index is 671. The summed E-state index contributed by atoms with van der Waals surface area (Å²) in [6.07, 6.45) is 1.99. The summed E-state index contributed by atoms with van der Waals surface area (Å²) in [5.41, 5.74) is 7.04. The van der Waals surface area contributed by atoms with E-state index in [2.05, 4.69) is 10.6 Å². The summed E-state index contributed by atoms with van der Waals surface area (Å²) < 4.78 is 0. The van der Waals surface area contributed by atoms with Crippen molar-refractivity contribution in [2.75, 3.05) is 23.4 Å². The fraction of sp³-hybridized carbons (Fsp3) is 0.125. The van der Waals surface area contributed by atoms with Crippen LogP contribution in [-0.2, 0) is 0 Å². The summed E-state index contributed by atoms with van der Waals surface area (Å²) in [4.78, 5) is 24.6. The van der Waals surface area contributed by atoms with Gasteiger partial charge in [-0.15, -0.1) is 11.8 Å². The Morgan fingerprint density at radius 1 is 1.05 bits per heavy atom.